The molecule has 0 amide bonds. The minimum atomic E-state index is -1.79. The lowest BCUT2D eigenvalue weighted by Gasteiger charge is -2.52. The minimum absolute atomic E-state index is 0.0164. The van der Waals surface area contributed by atoms with Gasteiger partial charge in [-0.2, -0.15) is 0 Å². The fraction of sp³-hybridized carbons (Fsp3) is 0.694. The molecule has 1 saturated heterocycles. The predicted molar refractivity (Wildman–Crippen MR) is 168 cm³/mol. The number of fused-ring (bicyclic) bond motifs is 2. The monoisotopic (exact) mass is 699 g/mol. The van der Waals surface area contributed by atoms with E-state index in [2.05, 4.69) is 18.8 Å². The van der Waals surface area contributed by atoms with Gasteiger partial charge in [-0.25, -0.2) is 4.79 Å². The Balaban J connectivity index is 1.72. The first-order valence-corrected chi connectivity index (χ1v) is 17.0. The van der Waals surface area contributed by atoms with E-state index >= 15 is 0 Å². The van der Waals surface area contributed by atoms with Crippen LogP contribution in [-0.2, 0) is 57.1 Å². The van der Waals surface area contributed by atoms with Gasteiger partial charge in [-0.15, -0.1) is 0 Å². The summed E-state index contributed by atoms with van der Waals surface area (Å²) in [6, 6.07) is 3.13. The summed E-state index contributed by atoms with van der Waals surface area (Å²) in [6.07, 6.45) is -3.41. The Labute approximate surface area is 290 Å². The molecule has 0 N–H and O–H groups in total. The Morgan fingerprint density at radius 1 is 0.820 bits per heavy atom. The molecule has 2 heterocycles. The van der Waals surface area contributed by atoms with Crippen molar-refractivity contribution in [2.45, 2.75) is 117 Å². The number of ether oxygens (including phenoxy) is 7. The smallest absolute Gasteiger partial charge is 0.340 e. The molecule has 5 fully saturated rings. The van der Waals surface area contributed by atoms with Gasteiger partial charge in [0.05, 0.1) is 11.5 Å². The van der Waals surface area contributed by atoms with Crippen LogP contribution in [0.25, 0.3) is 0 Å². The Bertz CT molecular complexity index is 1610. The van der Waals surface area contributed by atoms with Gasteiger partial charge in [0.2, 0.25) is 6.29 Å². The van der Waals surface area contributed by atoms with Crippen molar-refractivity contribution in [3.05, 3.63) is 30.1 Å². The summed E-state index contributed by atoms with van der Waals surface area (Å²) in [4.78, 5) is 83.3. The second-order valence-corrected chi connectivity index (χ2v) is 15.4. The van der Waals surface area contributed by atoms with E-state index in [-0.39, 0.29) is 30.2 Å². The van der Waals surface area contributed by atoms with Crippen LogP contribution < -0.4 is 0 Å². The van der Waals surface area contributed by atoms with E-state index in [0.717, 1.165) is 0 Å². The average molecular weight is 700 g/mol. The standard InChI is InChI=1S/C36H45NO13/c1-16-14-35(49-21(6)42)26(27(16)44-17(2)38)29(45-18(3)39)36-24(48-30(43)22-11-10-12-37-15-22)13-23-25(33(23,7)8)28(36)34(9,31(35)46-19(4)40)50-32(36)47-20(5)41/h10-12,15-16,23-29,31-32H,13-14H2,1-9H3/t16-,23-,24+,25-,26+,27-,28-,29+,31-,32-,34+,35+,36-/m0/s1. The largest absolute Gasteiger partial charge is 0.462 e. The first kappa shape index (κ1) is 35.7. The molecule has 272 valence electrons. The third-order valence-electron chi connectivity index (χ3n) is 12.0. The molecule has 4 aliphatic carbocycles. The zero-order valence-corrected chi connectivity index (χ0v) is 29.8. The Kier molecular flexibility index (Phi) is 8.59. The van der Waals surface area contributed by atoms with Crippen molar-refractivity contribution in [1.29, 1.82) is 0 Å². The van der Waals surface area contributed by atoms with E-state index in [4.69, 9.17) is 33.2 Å². The Morgan fingerprint density at radius 3 is 2.02 bits per heavy atom. The molecule has 5 aliphatic rings. The van der Waals surface area contributed by atoms with Crippen LogP contribution >= 0.6 is 0 Å². The molecular formula is C36H45NO13. The van der Waals surface area contributed by atoms with Gasteiger partial charge in [0.25, 0.3) is 0 Å². The molecular weight excluding hydrogens is 654 g/mol. The van der Waals surface area contributed by atoms with Gasteiger partial charge >= 0.3 is 35.8 Å². The molecule has 0 radical (unpaired) electrons. The highest BCUT2D eigenvalue weighted by atomic mass is 16.7. The van der Waals surface area contributed by atoms with Gasteiger partial charge < -0.3 is 33.2 Å². The summed E-state index contributed by atoms with van der Waals surface area (Å²) in [5, 5.41) is 0. The molecule has 1 aromatic rings. The molecule has 4 saturated carbocycles. The highest BCUT2D eigenvalue weighted by Crippen LogP contribution is 2.80. The van der Waals surface area contributed by atoms with Crippen LogP contribution in [0.5, 0.6) is 0 Å². The van der Waals surface area contributed by atoms with Crippen molar-refractivity contribution in [1.82, 2.24) is 4.98 Å². The van der Waals surface area contributed by atoms with Crippen molar-refractivity contribution in [3.8, 4) is 0 Å². The molecule has 0 spiro atoms. The van der Waals surface area contributed by atoms with Crippen LogP contribution in [0, 0.1) is 40.4 Å². The van der Waals surface area contributed by atoms with E-state index in [1.807, 2.05) is 0 Å². The lowest BCUT2D eigenvalue weighted by molar-refractivity contribution is -0.292. The SMILES string of the molecule is CC(=O)O[C@@H]1[C@@H]2[C@@H](OC(C)=O)[C@@]34[C@@H](OC(C)=O)O[C@@](C)([C@H](OC(C)=O)[C@@]2(OC(C)=O)C[C@@H]1C)[C@@H]3[C@@H]1[C@H](C[C@H]4OC(=O)c2cccnc2)C1(C)C. The third kappa shape index (κ3) is 5.19. The number of carbonyl (C=O) groups is 6. The quantitative estimate of drug-likeness (QED) is 0.299. The summed E-state index contributed by atoms with van der Waals surface area (Å²) < 4.78 is 44.2. The van der Waals surface area contributed by atoms with Gasteiger partial charge in [-0.1, -0.05) is 20.8 Å². The van der Waals surface area contributed by atoms with Gasteiger partial charge in [0.15, 0.2) is 11.7 Å². The molecule has 14 nitrogen and oxygen atoms in total. The zero-order chi connectivity index (χ0) is 36.7. The van der Waals surface area contributed by atoms with E-state index in [1.54, 1.807) is 26.0 Å². The van der Waals surface area contributed by atoms with Crippen LogP contribution in [-0.4, -0.2) is 82.7 Å². The highest BCUT2D eigenvalue weighted by Gasteiger charge is 2.89. The highest BCUT2D eigenvalue weighted by molar-refractivity contribution is 5.89. The summed E-state index contributed by atoms with van der Waals surface area (Å²) in [5.41, 5.74) is -5.33. The maximum Gasteiger partial charge on any atom is 0.340 e. The maximum atomic E-state index is 13.9. The van der Waals surface area contributed by atoms with Crippen molar-refractivity contribution < 1.29 is 61.9 Å². The van der Waals surface area contributed by atoms with Crippen molar-refractivity contribution in [3.63, 3.8) is 0 Å². The number of pyridine rings is 1. The first-order chi connectivity index (χ1) is 23.3. The van der Waals surface area contributed by atoms with Gasteiger partial charge in [0.1, 0.15) is 29.3 Å². The van der Waals surface area contributed by atoms with Gasteiger partial charge in [0, 0.05) is 52.9 Å². The van der Waals surface area contributed by atoms with Crippen LogP contribution in [0.3, 0.4) is 0 Å². The molecule has 50 heavy (non-hydrogen) atoms. The molecule has 0 aromatic carbocycles. The van der Waals surface area contributed by atoms with Crippen molar-refractivity contribution in [2.24, 2.45) is 40.4 Å². The number of esters is 6. The van der Waals surface area contributed by atoms with Gasteiger partial charge in [-0.05, 0) is 55.1 Å². The van der Waals surface area contributed by atoms with E-state index in [0.29, 0.717) is 0 Å². The first-order valence-electron chi connectivity index (χ1n) is 17.0. The normalized spacial score (nSPS) is 41.5. The van der Waals surface area contributed by atoms with Crippen LogP contribution in [0.2, 0.25) is 0 Å². The van der Waals surface area contributed by atoms with E-state index < -0.39 is 106 Å². The Morgan fingerprint density at radius 2 is 1.46 bits per heavy atom. The summed E-state index contributed by atoms with van der Waals surface area (Å²) in [6.45, 7) is 13.7. The van der Waals surface area contributed by atoms with E-state index in [1.165, 1.54) is 47.0 Å². The second-order valence-electron chi connectivity index (χ2n) is 15.4. The molecule has 1 aliphatic heterocycles. The van der Waals surface area contributed by atoms with Crippen molar-refractivity contribution >= 4 is 35.8 Å². The fourth-order valence-electron chi connectivity index (χ4n) is 10.7. The summed E-state index contributed by atoms with van der Waals surface area (Å²) in [5.74, 6) is -7.14. The minimum Gasteiger partial charge on any atom is -0.462 e. The lowest BCUT2D eigenvalue weighted by Crippen LogP contribution is -2.66. The molecule has 0 unspecified atom stereocenters. The van der Waals surface area contributed by atoms with Crippen LogP contribution in [0.4, 0.5) is 0 Å². The van der Waals surface area contributed by atoms with Crippen molar-refractivity contribution in [2.75, 3.05) is 0 Å². The molecule has 1 aromatic heterocycles. The predicted octanol–water partition coefficient (Wildman–Crippen LogP) is 3.33. The number of nitrogens with zero attached hydrogens (tertiary/aromatic N) is 1. The summed E-state index contributed by atoms with van der Waals surface area (Å²) in [7, 11) is 0. The van der Waals surface area contributed by atoms with Gasteiger partial charge in [-0.3, -0.25) is 29.0 Å². The second kappa shape index (κ2) is 12.0. The average Bonchev–Trinajstić information content (AvgIpc) is 3.29. The number of aromatic nitrogens is 1. The molecule has 13 atom stereocenters. The zero-order valence-electron chi connectivity index (χ0n) is 29.8. The summed E-state index contributed by atoms with van der Waals surface area (Å²) >= 11 is 0. The fourth-order valence-corrected chi connectivity index (χ4v) is 10.7. The number of hydrogen-bond donors (Lipinski definition) is 0. The number of carbonyl (C=O) groups excluding carboxylic acids is 6. The number of rotatable bonds is 7. The number of hydrogen-bond acceptors (Lipinski definition) is 14. The molecule has 2 bridgehead atoms. The van der Waals surface area contributed by atoms with Crippen LogP contribution in [0.1, 0.15) is 85.5 Å². The third-order valence-corrected chi connectivity index (χ3v) is 12.0. The Hall–Kier alpha value is -4.07. The molecule has 6 rings (SSSR count). The van der Waals surface area contributed by atoms with Crippen LogP contribution in [0.15, 0.2) is 24.5 Å². The topological polar surface area (TPSA) is 180 Å². The van der Waals surface area contributed by atoms with E-state index in [9.17, 15) is 28.8 Å². The molecule has 14 heteroatoms. The lowest BCUT2D eigenvalue weighted by atomic mass is 9.56. The maximum absolute atomic E-state index is 13.9.